The van der Waals surface area contributed by atoms with E-state index in [0.29, 0.717) is 23.3 Å². The zero-order valence-corrected chi connectivity index (χ0v) is 20.2. The Morgan fingerprint density at radius 2 is 1.80 bits per heavy atom. The number of benzene rings is 3. The van der Waals surface area contributed by atoms with E-state index in [4.69, 9.17) is 14.2 Å². The minimum atomic E-state index is -0.0999. The van der Waals surface area contributed by atoms with Gasteiger partial charge in [0.15, 0.2) is 22.5 Å². The first-order valence-corrected chi connectivity index (χ1v) is 12.0. The summed E-state index contributed by atoms with van der Waals surface area (Å²) in [6, 6.07) is 21.4. The molecular weight excluding hydrogens is 464 g/mol. The molecule has 0 saturated heterocycles. The van der Waals surface area contributed by atoms with Crippen LogP contribution in [0.2, 0.25) is 0 Å². The van der Waals surface area contributed by atoms with E-state index in [1.54, 1.807) is 7.11 Å². The monoisotopic (exact) mass is 488 g/mol. The highest BCUT2D eigenvalue weighted by atomic mass is 32.2. The Morgan fingerprint density at radius 1 is 1.03 bits per heavy atom. The number of carbonyl (C=O) groups is 1. The third kappa shape index (κ3) is 5.09. The molecule has 1 aliphatic heterocycles. The van der Waals surface area contributed by atoms with Crippen LogP contribution in [0.3, 0.4) is 0 Å². The Labute approximate surface area is 207 Å². The van der Waals surface area contributed by atoms with Crippen LogP contribution < -0.4 is 19.5 Å². The molecule has 5 rings (SSSR count). The van der Waals surface area contributed by atoms with Crippen molar-refractivity contribution in [1.82, 2.24) is 20.1 Å². The van der Waals surface area contributed by atoms with Gasteiger partial charge in [-0.15, -0.1) is 10.2 Å². The van der Waals surface area contributed by atoms with Crippen molar-refractivity contribution in [3.8, 4) is 34.3 Å². The Kier molecular flexibility index (Phi) is 6.58. The van der Waals surface area contributed by atoms with E-state index >= 15 is 0 Å². The van der Waals surface area contributed by atoms with Crippen molar-refractivity contribution in [2.45, 2.75) is 18.6 Å². The van der Waals surface area contributed by atoms with Gasteiger partial charge in [0.1, 0.15) is 5.75 Å². The van der Waals surface area contributed by atoms with Crippen molar-refractivity contribution in [2.24, 2.45) is 0 Å². The molecule has 0 aliphatic carbocycles. The summed E-state index contributed by atoms with van der Waals surface area (Å²) in [5, 5.41) is 12.4. The fraction of sp³-hybridized carbons (Fsp3) is 0.192. The molecule has 178 valence electrons. The second-order valence-corrected chi connectivity index (χ2v) is 8.90. The summed E-state index contributed by atoms with van der Waals surface area (Å²) in [6.07, 6.45) is 0. The number of hydrogen-bond acceptors (Lipinski definition) is 7. The van der Waals surface area contributed by atoms with E-state index in [-0.39, 0.29) is 18.5 Å². The van der Waals surface area contributed by atoms with Crippen LogP contribution in [0.4, 0.5) is 0 Å². The standard InChI is InChI=1S/C26H24N4O4S/c1-17-3-8-20(9-4-17)30-25(19-6-10-21(32-2)11-7-19)28-29-26(30)35-15-24(31)27-14-18-5-12-22-23(13-18)34-16-33-22/h3-13H,14-16H2,1-2H3,(H,27,31). The summed E-state index contributed by atoms with van der Waals surface area (Å²) < 4.78 is 18.0. The fourth-order valence-corrected chi connectivity index (χ4v) is 4.43. The van der Waals surface area contributed by atoms with Crippen LogP contribution >= 0.6 is 11.8 Å². The molecule has 0 fully saturated rings. The van der Waals surface area contributed by atoms with Gasteiger partial charge in [0.05, 0.1) is 12.9 Å². The van der Waals surface area contributed by atoms with Gasteiger partial charge in [-0.2, -0.15) is 0 Å². The number of hydrogen-bond donors (Lipinski definition) is 1. The lowest BCUT2D eigenvalue weighted by Gasteiger charge is -2.11. The normalized spacial score (nSPS) is 11.9. The smallest absolute Gasteiger partial charge is 0.231 e. The number of methoxy groups -OCH3 is 1. The molecular formula is C26H24N4O4S. The van der Waals surface area contributed by atoms with Gasteiger partial charge in [-0.3, -0.25) is 9.36 Å². The number of nitrogens with one attached hydrogen (secondary N) is 1. The Bertz CT molecular complexity index is 1340. The maximum Gasteiger partial charge on any atom is 0.231 e. The van der Waals surface area contributed by atoms with E-state index in [1.165, 1.54) is 11.8 Å². The number of ether oxygens (including phenoxy) is 3. The number of aromatic nitrogens is 3. The van der Waals surface area contributed by atoms with E-state index < -0.39 is 0 Å². The lowest BCUT2D eigenvalue weighted by Crippen LogP contribution is -2.24. The predicted molar refractivity (Wildman–Crippen MR) is 133 cm³/mol. The van der Waals surface area contributed by atoms with Gasteiger partial charge in [-0.25, -0.2) is 0 Å². The minimum absolute atomic E-state index is 0.0999. The number of thioether (sulfide) groups is 1. The summed E-state index contributed by atoms with van der Waals surface area (Å²) in [6.45, 7) is 2.67. The third-order valence-corrected chi connectivity index (χ3v) is 6.46. The molecule has 0 spiro atoms. The number of rotatable bonds is 8. The van der Waals surface area contributed by atoms with Crippen LogP contribution in [0.1, 0.15) is 11.1 Å². The molecule has 1 N–H and O–H groups in total. The first-order valence-electron chi connectivity index (χ1n) is 11.1. The first kappa shape index (κ1) is 22.8. The van der Waals surface area contributed by atoms with Crippen LogP contribution in [-0.4, -0.2) is 40.3 Å². The molecule has 8 nitrogen and oxygen atoms in total. The lowest BCUT2D eigenvalue weighted by atomic mass is 10.2. The van der Waals surface area contributed by atoms with Crippen LogP contribution in [-0.2, 0) is 11.3 Å². The molecule has 1 aromatic heterocycles. The third-order valence-electron chi connectivity index (χ3n) is 5.53. The molecule has 0 bridgehead atoms. The van der Waals surface area contributed by atoms with Crippen LogP contribution in [0, 0.1) is 6.92 Å². The van der Waals surface area contributed by atoms with Gasteiger partial charge in [0.25, 0.3) is 0 Å². The van der Waals surface area contributed by atoms with Crippen molar-refractivity contribution in [3.63, 3.8) is 0 Å². The minimum Gasteiger partial charge on any atom is -0.497 e. The molecule has 0 atom stereocenters. The summed E-state index contributed by atoms with van der Waals surface area (Å²) in [5.41, 5.74) is 3.93. The average molecular weight is 489 g/mol. The summed E-state index contributed by atoms with van der Waals surface area (Å²) >= 11 is 1.34. The van der Waals surface area contributed by atoms with E-state index in [1.807, 2.05) is 78.2 Å². The number of carbonyl (C=O) groups excluding carboxylic acids is 1. The molecule has 4 aromatic rings. The van der Waals surface area contributed by atoms with Crippen LogP contribution in [0.5, 0.6) is 17.2 Å². The second kappa shape index (κ2) is 10.1. The molecule has 1 aliphatic rings. The number of aryl methyl sites for hydroxylation is 1. The molecule has 9 heteroatoms. The second-order valence-electron chi connectivity index (χ2n) is 7.96. The Morgan fingerprint density at radius 3 is 2.57 bits per heavy atom. The van der Waals surface area contributed by atoms with Crippen molar-refractivity contribution >= 4 is 17.7 Å². The molecule has 2 heterocycles. The fourth-order valence-electron chi connectivity index (χ4n) is 3.65. The Balaban J connectivity index is 1.31. The predicted octanol–water partition coefficient (Wildman–Crippen LogP) is 4.39. The largest absolute Gasteiger partial charge is 0.497 e. The van der Waals surface area contributed by atoms with Gasteiger partial charge in [-0.05, 0) is 61.0 Å². The van der Waals surface area contributed by atoms with Crippen LogP contribution in [0.25, 0.3) is 17.1 Å². The zero-order chi connectivity index (χ0) is 24.2. The summed E-state index contributed by atoms with van der Waals surface area (Å²) in [5.74, 6) is 2.99. The quantitative estimate of drug-likeness (QED) is 0.368. The van der Waals surface area contributed by atoms with Crippen molar-refractivity contribution < 1.29 is 19.0 Å². The summed E-state index contributed by atoms with van der Waals surface area (Å²) in [7, 11) is 1.64. The maximum absolute atomic E-state index is 12.6. The topological polar surface area (TPSA) is 87.5 Å². The average Bonchev–Trinajstić information content (AvgIpc) is 3.53. The molecule has 35 heavy (non-hydrogen) atoms. The number of fused-ring (bicyclic) bond motifs is 1. The highest BCUT2D eigenvalue weighted by Gasteiger charge is 2.18. The molecule has 0 unspecified atom stereocenters. The molecule has 3 aromatic carbocycles. The number of nitrogens with zero attached hydrogens (tertiary/aromatic N) is 3. The van der Waals surface area contributed by atoms with E-state index in [2.05, 4.69) is 15.5 Å². The van der Waals surface area contributed by atoms with Crippen molar-refractivity contribution in [3.05, 3.63) is 77.9 Å². The van der Waals surface area contributed by atoms with Gasteiger partial charge < -0.3 is 19.5 Å². The SMILES string of the molecule is COc1ccc(-c2nnc(SCC(=O)NCc3ccc4c(c3)OCO4)n2-c2ccc(C)cc2)cc1. The van der Waals surface area contributed by atoms with Crippen molar-refractivity contribution in [1.29, 1.82) is 0 Å². The lowest BCUT2D eigenvalue weighted by molar-refractivity contribution is -0.118. The number of amides is 1. The summed E-state index contributed by atoms with van der Waals surface area (Å²) in [4.78, 5) is 12.6. The van der Waals surface area contributed by atoms with Crippen LogP contribution in [0.15, 0.2) is 71.9 Å². The zero-order valence-electron chi connectivity index (χ0n) is 19.4. The molecule has 1 amide bonds. The first-order chi connectivity index (χ1) is 17.1. The molecule has 0 saturated carbocycles. The highest BCUT2D eigenvalue weighted by molar-refractivity contribution is 7.99. The van der Waals surface area contributed by atoms with Crippen molar-refractivity contribution in [2.75, 3.05) is 19.7 Å². The van der Waals surface area contributed by atoms with Gasteiger partial charge in [0, 0.05) is 17.8 Å². The van der Waals surface area contributed by atoms with Gasteiger partial charge in [-0.1, -0.05) is 35.5 Å². The van der Waals surface area contributed by atoms with E-state index in [0.717, 1.165) is 33.9 Å². The van der Waals surface area contributed by atoms with Gasteiger partial charge >= 0.3 is 0 Å². The molecule has 0 radical (unpaired) electrons. The highest BCUT2D eigenvalue weighted by Crippen LogP contribution is 2.32. The Hall–Kier alpha value is -3.98. The maximum atomic E-state index is 12.6. The van der Waals surface area contributed by atoms with Gasteiger partial charge in [0.2, 0.25) is 12.7 Å². The van der Waals surface area contributed by atoms with E-state index in [9.17, 15) is 4.79 Å².